The predicted octanol–water partition coefficient (Wildman–Crippen LogP) is 2.62. The minimum absolute atomic E-state index is 0.0255. The number of benzene rings is 1. The number of ketones is 1. The van der Waals surface area contributed by atoms with Gasteiger partial charge in [-0.2, -0.15) is 0 Å². The molecule has 0 atom stereocenters. The molecule has 0 bridgehead atoms. The van der Waals surface area contributed by atoms with Crippen molar-refractivity contribution in [1.29, 1.82) is 0 Å². The van der Waals surface area contributed by atoms with Crippen molar-refractivity contribution in [2.75, 3.05) is 0 Å². The fourth-order valence-electron chi connectivity index (χ4n) is 1.22. The summed E-state index contributed by atoms with van der Waals surface area (Å²) >= 11 is 5.65. The smallest absolute Gasteiger partial charge is 0.140 e. The number of phenols is 1. The van der Waals surface area contributed by atoms with E-state index >= 15 is 0 Å². The van der Waals surface area contributed by atoms with E-state index < -0.39 is 5.82 Å². The van der Waals surface area contributed by atoms with Crippen LogP contribution in [0.1, 0.15) is 18.1 Å². The van der Waals surface area contributed by atoms with E-state index in [0.717, 1.165) is 0 Å². The fourth-order valence-corrected chi connectivity index (χ4v) is 1.50. The highest BCUT2D eigenvalue weighted by Gasteiger charge is 2.15. The van der Waals surface area contributed by atoms with Crippen LogP contribution in [0.3, 0.4) is 0 Å². The number of rotatable bonds is 2. The molecule has 0 amide bonds. The van der Waals surface area contributed by atoms with Crippen molar-refractivity contribution in [2.45, 2.75) is 20.3 Å². The fraction of sp³-hybridized carbons (Fsp3) is 0.300. The van der Waals surface area contributed by atoms with Gasteiger partial charge in [0.05, 0.1) is 5.02 Å². The number of hydrogen-bond donors (Lipinski definition) is 1. The molecule has 0 unspecified atom stereocenters. The second-order valence-electron chi connectivity index (χ2n) is 3.20. The van der Waals surface area contributed by atoms with Crippen molar-refractivity contribution in [3.63, 3.8) is 0 Å². The molecule has 76 valence electrons. The summed E-state index contributed by atoms with van der Waals surface area (Å²) in [6.45, 7) is 2.86. The van der Waals surface area contributed by atoms with Crippen LogP contribution in [0.25, 0.3) is 0 Å². The molecule has 4 heteroatoms. The Bertz CT molecular complexity index is 362. The van der Waals surface area contributed by atoms with E-state index in [9.17, 15) is 14.3 Å². The number of aryl methyl sites for hydroxylation is 1. The lowest BCUT2D eigenvalue weighted by Crippen LogP contribution is -2.02. The lowest BCUT2D eigenvalue weighted by Gasteiger charge is -2.08. The molecule has 1 aromatic rings. The molecule has 1 rings (SSSR count). The molecule has 1 aromatic carbocycles. The van der Waals surface area contributed by atoms with E-state index in [-0.39, 0.29) is 28.5 Å². The van der Waals surface area contributed by atoms with Crippen molar-refractivity contribution in [3.8, 4) is 5.75 Å². The first-order chi connectivity index (χ1) is 6.43. The number of halogens is 2. The summed E-state index contributed by atoms with van der Waals surface area (Å²) in [6.07, 6.45) is -0.140. The maximum absolute atomic E-state index is 13.4. The average molecular weight is 217 g/mol. The molecule has 14 heavy (non-hydrogen) atoms. The van der Waals surface area contributed by atoms with Crippen molar-refractivity contribution in [2.24, 2.45) is 0 Å². The van der Waals surface area contributed by atoms with Gasteiger partial charge >= 0.3 is 0 Å². The van der Waals surface area contributed by atoms with Crippen LogP contribution in [0.5, 0.6) is 5.75 Å². The SMILES string of the molecule is CC(=O)Cc1c(O)c(Cl)cc(C)c1F. The first-order valence-corrected chi connectivity index (χ1v) is 4.47. The topological polar surface area (TPSA) is 37.3 Å². The number of phenolic OH excluding ortho intramolecular Hbond substituents is 1. The molecule has 0 radical (unpaired) electrons. The van der Waals surface area contributed by atoms with Crippen LogP contribution in [-0.4, -0.2) is 10.9 Å². The van der Waals surface area contributed by atoms with E-state index in [1.165, 1.54) is 19.9 Å². The van der Waals surface area contributed by atoms with Gasteiger partial charge in [-0.1, -0.05) is 11.6 Å². The van der Waals surface area contributed by atoms with Crippen molar-refractivity contribution in [3.05, 3.63) is 28.0 Å². The molecule has 0 fully saturated rings. The lowest BCUT2D eigenvalue weighted by molar-refractivity contribution is -0.116. The van der Waals surface area contributed by atoms with E-state index in [1.54, 1.807) is 0 Å². The minimum Gasteiger partial charge on any atom is -0.506 e. The Hall–Kier alpha value is -1.09. The van der Waals surface area contributed by atoms with Crippen molar-refractivity contribution in [1.82, 2.24) is 0 Å². The van der Waals surface area contributed by atoms with Gasteiger partial charge in [-0.3, -0.25) is 4.79 Å². The second kappa shape index (κ2) is 3.96. The Morgan fingerprint density at radius 1 is 1.64 bits per heavy atom. The highest BCUT2D eigenvalue weighted by Crippen LogP contribution is 2.32. The molecule has 0 aliphatic heterocycles. The first-order valence-electron chi connectivity index (χ1n) is 4.09. The van der Waals surface area contributed by atoms with Gasteiger partial charge in [0.25, 0.3) is 0 Å². The van der Waals surface area contributed by atoms with Crippen LogP contribution in [0, 0.1) is 12.7 Å². The summed E-state index contributed by atoms with van der Waals surface area (Å²) in [7, 11) is 0. The summed E-state index contributed by atoms with van der Waals surface area (Å²) < 4.78 is 13.4. The van der Waals surface area contributed by atoms with Crippen LogP contribution in [0.4, 0.5) is 4.39 Å². The van der Waals surface area contributed by atoms with Gasteiger partial charge in [0, 0.05) is 12.0 Å². The van der Waals surface area contributed by atoms with E-state index in [2.05, 4.69) is 0 Å². The highest BCUT2D eigenvalue weighted by molar-refractivity contribution is 6.32. The number of Topliss-reactive ketones (excluding diaryl/α,β-unsaturated/α-hetero) is 1. The number of aromatic hydroxyl groups is 1. The molecule has 0 heterocycles. The largest absolute Gasteiger partial charge is 0.506 e. The van der Waals surface area contributed by atoms with Gasteiger partial charge in [0.2, 0.25) is 0 Å². The first kappa shape index (κ1) is 11.0. The molecule has 1 N–H and O–H groups in total. The van der Waals surface area contributed by atoms with E-state index in [0.29, 0.717) is 5.56 Å². The molecule has 0 aromatic heterocycles. The van der Waals surface area contributed by atoms with Gasteiger partial charge in [-0.15, -0.1) is 0 Å². The zero-order valence-electron chi connectivity index (χ0n) is 7.90. The molecule has 2 nitrogen and oxygen atoms in total. The molecule has 0 spiro atoms. The Labute approximate surface area is 86.3 Å². The molecular weight excluding hydrogens is 207 g/mol. The Balaban J connectivity index is 3.31. The summed E-state index contributed by atoms with van der Waals surface area (Å²) in [5, 5.41) is 9.50. The Morgan fingerprint density at radius 3 is 2.71 bits per heavy atom. The third kappa shape index (κ3) is 2.04. The third-order valence-corrected chi connectivity index (χ3v) is 2.18. The zero-order valence-corrected chi connectivity index (χ0v) is 8.65. The van der Waals surface area contributed by atoms with Crippen molar-refractivity contribution < 1.29 is 14.3 Å². The summed E-state index contributed by atoms with van der Waals surface area (Å²) in [5.41, 5.74) is 0.298. The van der Waals surface area contributed by atoms with Crippen molar-refractivity contribution >= 4 is 17.4 Å². The van der Waals surface area contributed by atoms with Gasteiger partial charge in [-0.25, -0.2) is 4.39 Å². The summed E-state index contributed by atoms with van der Waals surface area (Å²) in [4.78, 5) is 10.8. The standard InChI is InChI=1S/C10H10ClFO2/c1-5-3-8(11)10(14)7(9(5)12)4-6(2)13/h3,14H,4H2,1-2H3. The van der Waals surface area contributed by atoms with Crippen LogP contribution in [0.15, 0.2) is 6.07 Å². The molecule has 0 saturated heterocycles. The molecule has 0 saturated carbocycles. The van der Waals surface area contributed by atoms with Crippen LogP contribution < -0.4 is 0 Å². The maximum atomic E-state index is 13.4. The van der Waals surface area contributed by atoms with Gasteiger partial charge in [0.1, 0.15) is 17.3 Å². The van der Waals surface area contributed by atoms with Gasteiger partial charge in [0.15, 0.2) is 0 Å². The van der Waals surface area contributed by atoms with Crippen LogP contribution in [0.2, 0.25) is 5.02 Å². The average Bonchev–Trinajstić information content (AvgIpc) is 2.09. The van der Waals surface area contributed by atoms with Gasteiger partial charge < -0.3 is 5.11 Å². The third-order valence-electron chi connectivity index (χ3n) is 1.89. The van der Waals surface area contributed by atoms with Crippen LogP contribution >= 0.6 is 11.6 Å². The molecule has 0 aliphatic rings. The Kier molecular flexibility index (Phi) is 3.11. The maximum Gasteiger partial charge on any atom is 0.140 e. The van der Waals surface area contributed by atoms with E-state index in [4.69, 9.17) is 11.6 Å². The summed E-state index contributed by atoms with van der Waals surface area (Å²) in [5.74, 6) is -1.13. The lowest BCUT2D eigenvalue weighted by atomic mass is 10.0. The number of carbonyl (C=O) groups excluding carboxylic acids is 1. The number of hydrogen-bond acceptors (Lipinski definition) is 2. The minimum atomic E-state index is -0.567. The monoisotopic (exact) mass is 216 g/mol. The zero-order chi connectivity index (χ0) is 10.9. The second-order valence-corrected chi connectivity index (χ2v) is 3.60. The number of carbonyl (C=O) groups is 1. The molecular formula is C10H10ClFO2. The van der Waals surface area contributed by atoms with Crippen LogP contribution in [-0.2, 0) is 11.2 Å². The highest BCUT2D eigenvalue weighted by atomic mass is 35.5. The predicted molar refractivity (Wildman–Crippen MR) is 52.2 cm³/mol. The summed E-state index contributed by atoms with van der Waals surface area (Å²) in [6, 6.07) is 1.33. The normalized spacial score (nSPS) is 10.3. The molecule has 0 aliphatic carbocycles. The van der Waals surface area contributed by atoms with E-state index in [1.807, 2.05) is 0 Å². The van der Waals surface area contributed by atoms with Gasteiger partial charge in [-0.05, 0) is 25.5 Å². The Morgan fingerprint density at radius 2 is 2.21 bits per heavy atom. The quantitative estimate of drug-likeness (QED) is 0.825.